The average molecular weight is 428 g/mol. The number of allylic oxidation sites excluding steroid dienone is 1. The van der Waals surface area contributed by atoms with Crippen LogP contribution in [0.25, 0.3) is 0 Å². The topological polar surface area (TPSA) is 82.0 Å². The summed E-state index contributed by atoms with van der Waals surface area (Å²) < 4.78 is 13.7. The van der Waals surface area contributed by atoms with Gasteiger partial charge in [0, 0.05) is 17.2 Å². The molecule has 0 spiro atoms. The summed E-state index contributed by atoms with van der Waals surface area (Å²) in [7, 11) is 0. The number of rotatable bonds is 6. The van der Waals surface area contributed by atoms with Gasteiger partial charge in [0.05, 0.1) is 28.1 Å². The summed E-state index contributed by atoms with van der Waals surface area (Å²) in [5.41, 5.74) is 1.39. The zero-order valence-corrected chi connectivity index (χ0v) is 17.2. The highest BCUT2D eigenvalue weighted by molar-refractivity contribution is 8.03. The third-order valence-corrected chi connectivity index (χ3v) is 6.13. The molecule has 0 aliphatic carbocycles. The van der Waals surface area contributed by atoms with E-state index in [9.17, 15) is 19.2 Å². The Kier molecular flexibility index (Phi) is 6.96. The molecule has 1 atom stereocenters. The van der Waals surface area contributed by atoms with Crippen LogP contribution in [0.5, 0.6) is 0 Å². The van der Waals surface area contributed by atoms with E-state index in [1.54, 1.807) is 17.8 Å². The summed E-state index contributed by atoms with van der Waals surface area (Å²) in [4.78, 5) is 25.5. The molecule has 0 bridgehead atoms. The van der Waals surface area contributed by atoms with E-state index in [1.165, 1.54) is 18.2 Å². The number of benzene rings is 2. The zero-order valence-electron chi connectivity index (χ0n) is 15.6. The first-order valence-electron chi connectivity index (χ1n) is 8.77. The molecule has 2 aromatic rings. The van der Waals surface area contributed by atoms with Crippen LogP contribution in [-0.2, 0) is 9.59 Å². The molecule has 0 unspecified atom stereocenters. The number of carbonyl (C=O) groups excluding carboxylic acids is 2. The summed E-state index contributed by atoms with van der Waals surface area (Å²) in [5.74, 6) is -1.58. The lowest BCUT2D eigenvalue weighted by atomic mass is 9.87. The van der Waals surface area contributed by atoms with E-state index in [2.05, 4.69) is 16.7 Å². The number of thioether (sulfide) groups is 2. The van der Waals surface area contributed by atoms with E-state index < -0.39 is 11.7 Å². The van der Waals surface area contributed by atoms with Crippen LogP contribution in [0.2, 0.25) is 0 Å². The molecule has 1 aliphatic rings. The van der Waals surface area contributed by atoms with Crippen molar-refractivity contribution in [1.82, 2.24) is 5.32 Å². The van der Waals surface area contributed by atoms with Gasteiger partial charge in [-0.2, -0.15) is 5.26 Å². The Hall–Kier alpha value is -2.76. The molecule has 2 amide bonds. The van der Waals surface area contributed by atoms with Crippen LogP contribution in [0.15, 0.2) is 64.0 Å². The second-order valence-corrected chi connectivity index (χ2v) is 8.11. The van der Waals surface area contributed by atoms with Gasteiger partial charge in [-0.1, -0.05) is 36.0 Å². The van der Waals surface area contributed by atoms with Crippen LogP contribution < -0.4 is 10.6 Å². The van der Waals surface area contributed by atoms with Crippen molar-refractivity contribution in [3.05, 3.63) is 70.5 Å². The molecule has 1 heterocycles. The summed E-state index contributed by atoms with van der Waals surface area (Å²) in [6, 6.07) is 15.8. The minimum absolute atomic E-state index is 0.0622. The first kappa shape index (κ1) is 21.0. The minimum atomic E-state index is -0.525. The zero-order chi connectivity index (χ0) is 20.8. The van der Waals surface area contributed by atoms with E-state index in [4.69, 9.17) is 0 Å². The lowest BCUT2D eigenvalue weighted by Crippen LogP contribution is -2.31. The maximum absolute atomic E-state index is 13.7. The Morgan fingerprint density at radius 1 is 1.28 bits per heavy atom. The molecule has 1 aliphatic heterocycles. The number of nitrogens with zero attached hydrogens (tertiary/aromatic N) is 1. The third kappa shape index (κ3) is 5.19. The number of carbonyl (C=O) groups is 2. The van der Waals surface area contributed by atoms with Crippen molar-refractivity contribution < 1.29 is 14.0 Å². The van der Waals surface area contributed by atoms with E-state index in [0.717, 1.165) is 22.2 Å². The molecule has 148 valence electrons. The van der Waals surface area contributed by atoms with Crippen molar-refractivity contribution in [2.45, 2.75) is 17.2 Å². The molecule has 29 heavy (non-hydrogen) atoms. The molecule has 5 nitrogen and oxygen atoms in total. The highest BCUT2D eigenvalue weighted by Crippen LogP contribution is 2.36. The van der Waals surface area contributed by atoms with E-state index in [-0.39, 0.29) is 29.7 Å². The van der Waals surface area contributed by atoms with E-state index in [1.807, 2.05) is 30.5 Å². The number of hydrogen-bond acceptors (Lipinski definition) is 5. The number of nitriles is 1. The van der Waals surface area contributed by atoms with Crippen molar-refractivity contribution >= 4 is 41.0 Å². The fraction of sp³-hybridized carbons (Fsp3) is 0.190. The first-order chi connectivity index (χ1) is 14.0. The predicted molar refractivity (Wildman–Crippen MR) is 114 cm³/mol. The van der Waals surface area contributed by atoms with Crippen LogP contribution >= 0.6 is 23.5 Å². The molecule has 0 saturated heterocycles. The first-order valence-corrected chi connectivity index (χ1v) is 11.0. The summed E-state index contributed by atoms with van der Waals surface area (Å²) in [6.07, 6.45) is 2.15. The molecule has 0 saturated carbocycles. The summed E-state index contributed by atoms with van der Waals surface area (Å²) in [5, 5.41) is 15.2. The van der Waals surface area contributed by atoms with Gasteiger partial charge in [-0.15, -0.1) is 11.8 Å². The highest BCUT2D eigenvalue weighted by atomic mass is 32.2. The highest BCUT2D eigenvalue weighted by Gasteiger charge is 2.29. The molecular weight excluding hydrogens is 409 g/mol. The molecule has 0 aromatic heterocycles. The molecule has 2 N–H and O–H groups in total. The molecule has 0 radical (unpaired) electrons. The van der Waals surface area contributed by atoms with Gasteiger partial charge in [0.1, 0.15) is 5.82 Å². The minimum Gasteiger partial charge on any atom is -0.323 e. The number of nitrogens with one attached hydrogen (secondary N) is 2. The lowest BCUT2D eigenvalue weighted by molar-refractivity contribution is -0.121. The number of halogens is 1. The standard InChI is InChI=1S/C21H18FN3O2S2/c1-28-14-8-6-13(7-9-14)15-10-19(26)25-21(16(15)11-23)29-12-20(27)24-18-5-3-2-4-17(18)22/h2-9,15H,10,12H2,1H3,(H,24,27)(H,25,26)/t15-/m0/s1. The maximum Gasteiger partial charge on any atom is 0.234 e. The Morgan fingerprint density at radius 2 is 2.00 bits per heavy atom. The molecule has 8 heteroatoms. The second-order valence-electron chi connectivity index (χ2n) is 6.25. The van der Waals surface area contributed by atoms with Crippen LogP contribution in [0, 0.1) is 17.1 Å². The SMILES string of the molecule is CSc1ccc([C@@H]2CC(=O)NC(SCC(=O)Nc3ccccc3F)=C2C#N)cc1. The average Bonchev–Trinajstić information content (AvgIpc) is 2.73. The van der Waals surface area contributed by atoms with Crippen molar-refractivity contribution in [2.75, 3.05) is 17.3 Å². The van der Waals surface area contributed by atoms with Gasteiger partial charge >= 0.3 is 0 Å². The summed E-state index contributed by atoms with van der Waals surface area (Å²) in [6.45, 7) is 0. The predicted octanol–water partition coefficient (Wildman–Crippen LogP) is 4.26. The van der Waals surface area contributed by atoms with E-state index >= 15 is 0 Å². The quantitative estimate of drug-likeness (QED) is 0.673. The van der Waals surface area contributed by atoms with Crippen molar-refractivity contribution in [3.63, 3.8) is 0 Å². The fourth-order valence-corrected chi connectivity index (χ4v) is 4.23. The Balaban J connectivity index is 1.75. The number of amides is 2. The number of hydrogen-bond donors (Lipinski definition) is 2. The Bertz CT molecular complexity index is 1000. The van der Waals surface area contributed by atoms with Crippen LogP contribution in [-0.4, -0.2) is 23.8 Å². The van der Waals surface area contributed by atoms with E-state index in [0.29, 0.717) is 10.6 Å². The largest absolute Gasteiger partial charge is 0.323 e. The number of para-hydroxylation sites is 1. The maximum atomic E-state index is 13.7. The monoisotopic (exact) mass is 427 g/mol. The summed E-state index contributed by atoms with van der Waals surface area (Å²) >= 11 is 2.67. The number of anilines is 1. The van der Waals surface area contributed by atoms with Crippen molar-refractivity contribution in [1.29, 1.82) is 5.26 Å². The molecular formula is C21H18FN3O2S2. The van der Waals surface area contributed by atoms with Gasteiger partial charge in [0.25, 0.3) is 0 Å². The van der Waals surface area contributed by atoms with Gasteiger partial charge < -0.3 is 10.6 Å². The van der Waals surface area contributed by atoms with Crippen molar-refractivity contribution in [2.24, 2.45) is 0 Å². The molecule has 2 aromatic carbocycles. The molecule has 0 fully saturated rings. The van der Waals surface area contributed by atoms with Crippen LogP contribution in [0.4, 0.5) is 10.1 Å². The Labute approximate surface area is 176 Å². The third-order valence-electron chi connectivity index (χ3n) is 4.37. The smallest absolute Gasteiger partial charge is 0.234 e. The van der Waals surface area contributed by atoms with Gasteiger partial charge in [0.2, 0.25) is 11.8 Å². The second kappa shape index (κ2) is 9.63. The van der Waals surface area contributed by atoms with Gasteiger partial charge in [-0.3, -0.25) is 9.59 Å². The normalized spacial score (nSPS) is 16.2. The Morgan fingerprint density at radius 3 is 2.66 bits per heavy atom. The lowest BCUT2D eigenvalue weighted by Gasteiger charge is -2.25. The van der Waals surface area contributed by atoms with Crippen LogP contribution in [0.1, 0.15) is 17.9 Å². The molecule has 3 rings (SSSR count). The van der Waals surface area contributed by atoms with Gasteiger partial charge in [-0.05, 0) is 36.1 Å². The fourth-order valence-electron chi connectivity index (χ4n) is 2.94. The van der Waals surface area contributed by atoms with Gasteiger partial charge in [0.15, 0.2) is 0 Å². The van der Waals surface area contributed by atoms with Gasteiger partial charge in [-0.25, -0.2) is 4.39 Å². The van der Waals surface area contributed by atoms with Crippen LogP contribution in [0.3, 0.4) is 0 Å². The van der Waals surface area contributed by atoms with Crippen molar-refractivity contribution in [3.8, 4) is 6.07 Å².